The highest BCUT2D eigenvalue weighted by atomic mass is 31.2. The standard InChI is InChI=1S/C79H136NO8P/c1-6-8-10-12-14-16-18-20-22-24-26-28-30-32-33-34-35-36-37-38-39-40-41-42-43-44-45-46-47-48-50-52-54-56-58-60-62-64-66-68-70-72-79(82)88-77(76-87-89(83,84)86-74-73-80(3,4)5)75-85-78(81)71-69-67-65-63-61-59-57-55-53-51-49-31-29-27-25-23-21-19-17-15-13-11-9-7-2/h8,10,14,16,20,22,26,28,32-33,35-36,38-39,41-42,44-45,47-48,52,54,77H,6-7,9,11-13,15,17-19,21,23-25,27,29-31,34,37,40,43,46,49-51,53,55-76H2,1-5H3/p+1/b10-8-,16-14-,22-20-,28-26-,33-32-,36-35-,39-38-,42-41-,45-44-,48-47-,54-52-. The second-order valence-corrected chi connectivity index (χ2v) is 26.7. The van der Waals surface area contributed by atoms with Gasteiger partial charge in [0.15, 0.2) is 6.10 Å². The van der Waals surface area contributed by atoms with Crippen LogP contribution in [0.2, 0.25) is 0 Å². The number of likely N-dealkylation sites (N-methyl/N-ethyl adjacent to an activating group) is 1. The summed E-state index contributed by atoms with van der Waals surface area (Å²) in [7, 11) is 1.46. The van der Waals surface area contributed by atoms with Crippen LogP contribution in [-0.4, -0.2) is 74.9 Å². The zero-order chi connectivity index (χ0) is 64.8. The Hall–Kier alpha value is -3.85. The minimum Gasteiger partial charge on any atom is -0.462 e. The van der Waals surface area contributed by atoms with Crippen LogP contribution in [0.1, 0.15) is 303 Å². The lowest BCUT2D eigenvalue weighted by molar-refractivity contribution is -0.870. The molecule has 0 saturated carbocycles. The van der Waals surface area contributed by atoms with Crippen LogP contribution in [0.15, 0.2) is 134 Å². The first-order chi connectivity index (χ1) is 43.5. The fourth-order valence-electron chi connectivity index (χ4n) is 9.91. The topological polar surface area (TPSA) is 108 Å². The molecule has 0 spiro atoms. The summed E-state index contributed by atoms with van der Waals surface area (Å²) in [6, 6.07) is 0. The Labute approximate surface area is 549 Å². The van der Waals surface area contributed by atoms with Crippen molar-refractivity contribution in [3.63, 3.8) is 0 Å². The zero-order valence-electron chi connectivity index (χ0n) is 58.1. The van der Waals surface area contributed by atoms with Gasteiger partial charge in [-0.3, -0.25) is 18.6 Å². The van der Waals surface area contributed by atoms with Crippen LogP contribution in [0, 0.1) is 0 Å². The molecule has 0 saturated heterocycles. The zero-order valence-corrected chi connectivity index (χ0v) is 59.0. The highest BCUT2D eigenvalue weighted by molar-refractivity contribution is 7.47. The number of hydrogen-bond acceptors (Lipinski definition) is 7. The number of ether oxygens (including phenoxy) is 2. The van der Waals surface area contributed by atoms with Gasteiger partial charge in [0.1, 0.15) is 19.8 Å². The van der Waals surface area contributed by atoms with E-state index in [9.17, 15) is 19.0 Å². The third-order valence-corrected chi connectivity index (χ3v) is 16.4. The smallest absolute Gasteiger partial charge is 0.462 e. The average Bonchev–Trinajstić information content (AvgIpc) is 3.60. The molecule has 0 aromatic rings. The summed E-state index contributed by atoms with van der Waals surface area (Å²) in [6.45, 7) is 4.33. The molecule has 0 bridgehead atoms. The Bertz CT molecular complexity index is 1970. The first-order valence-electron chi connectivity index (χ1n) is 36.4. The molecule has 9 nitrogen and oxygen atoms in total. The fraction of sp³-hybridized carbons (Fsp3) is 0.696. The molecule has 0 rings (SSSR count). The maximum Gasteiger partial charge on any atom is 0.472 e. The van der Waals surface area contributed by atoms with Crippen molar-refractivity contribution in [1.82, 2.24) is 0 Å². The molecule has 2 unspecified atom stereocenters. The van der Waals surface area contributed by atoms with E-state index in [4.69, 9.17) is 18.5 Å². The number of rotatable bonds is 66. The van der Waals surface area contributed by atoms with Crippen LogP contribution in [-0.2, 0) is 32.7 Å². The van der Waals surface area contributed by atoms with Gasteiger partial charge in [0, 0.05) is 12.8 Å². The van der Waals surface area contributed by atoms with Gasteiger partial charge in [-0.1, -0.05) is 327 Å². The van der Waals surface area contributed by atoms with Crippen LogP contribution >= 0.6 is 7.82 Å². The molecule has 0 radical (unpaired) electrons. The molecular weight excluding hydrogens is 1120 g/mol. The molecular formula is C79H137NO8P+. The van der Waals surface area contributed by atoms with Gasteiger partial charge in [0.05, 0.1) is 27.7 Å². The quantitative estimate of drug-likeness (QED) is 0.0211. The van der Waals surface area contributed by atoms with Gasteiger partial charge in [-0.15, -0.1) is 0 Å². The van der Waals surface area contributed by atoms with Crippen LogP contribution < -0.4 is 0 Å². The van der Waals surface area contributed by atoms with Crippen molar-refractivity contribution in [3.05, 3.63) is 134 Å². The number of quaternary nitrogens is 1. The lowest BCUT2D eigenvalue weighted by Crippen LogP contribution is -2.37. The van der Waals surface area contributed by atoms with E-state index in [1.54, 1.807) is 0 Å². The monoisotopic (exact) mass is 1260 g/mol. The largest absolute Gasteiger partial charge is 0.472 e. The molecule has 0 heterocycles. The normalized spacial score (nSPS) is 13.9. The van der Waals surface area contributed by atoms with Crippen molar-refractivity contribution in [2.75, 3.05) is 47.5 Å². The molecule has 0 aromatic carbocycles. The van der Waals surface area contributed by atoms with Gasteiger partial charge in [0.2, 0.25) is 0 Å². The number of nitrogens with zero attached hydrogens (tertiary/aromatic N) is 1. The van der Waals surface area contributed by atoms with Crippen molar-refractivity contribution in [2.24, 2.45) is 0 Å². The molecule has 0 aliphatic heterocycles. The van der Waals surface area contributed by atoms with E-state index in [2.05, 4.69) is 148 Å². The molecule has 0 amide bonds. The van der Waals surface area contributed by atoms with Crippen molar-refractivity contribution in [2.45, 2.75) is 309 Å². The van der Waals surface area contributed by atoms with Crippen LogP contribution in [0.3, 0.4) is 0 Å². The summed E-state index contributed by atoms with van der Waals surface area (Å²) in [5.41, 5.74) is 0. The molecule has 0 aromatic heterocycles. The SMILES string of the molecule is CC/C=C\C/C=C\C/C=C\C/C=C\C/C=C\C/C=C\C/C=C\C/C=C\C/C=C\C/C=C\C/C=C\CCCCCCCCCC(=O)OC(COC(=O)CCCCCCCCCCCCCCCCCCCCCCCCCC)COP(=O)(O)OCC[N+](C)(C)C. The Morgan fingerprint density at radius 3 is 0.955 bits per heavy atom. The first-order valence-corrected chi connectivity index (χ1v) is 37.9. The van der Waals surface area contributed by atoms with Crippen LogP contribution in [0.4, 0.5) is 0 Å². The molecule has 2 atom stereocenters. The lowest BCUT2D eigenvalue weighted by Gasteiger charge is -2.24. The Morgan fingerprint density at radius 2 is 0.640 bits per heavy atom. The summed E-state index contributed by atoms with van der Waals surface area (Å²) < 4.78 is 34.7. The van der Waals surface area contributed by atoms with Crippen LogP contribution in [0.25, 0.3) is 0 Å². The van der Waals surface area contributed by atoms with E-state index in [1.807, 2.05) is 21.1 Å². The van der Waals surface area contributed by atoms with Gasteiger partial charge in [-0.2, -0.15) is 0 Å². The minimum absolute atomic E-state index is 0.0249. The highest BCUT2D eigenvalue weighted by Gasteiger charge is 2.27. The second-order valence-electron chi connectivity index (χ2n) is 25.3. The highest BCUT2D eigenvalue weighted by Crippen LogP contribution is 2.43. The number of unbranched alkanes of at least 4 members (excludes halogenated alkanes) is 30. The predicted molar refractivity (Wildman–Crippen MR) is 385 cm³/mol. The predicted octanol–water partition coefficient (Wildman–Crippen LogP) is 24.0. The molecule has 510 valence electrons. The molecule has 89 heavy (non-hydrogen) atoms. The van der Waals surface area contributed by atoms with E-state index < -0.39 is 26.5 Å². The summed E-state index contributed by atoms with van der Waals surface area (Å²) in [4.78, 5) is 35.9. The molecule has 0 fully saturated rings. The summed E-state index contributed by atoms with van der Waals surface area (Å²) in [5.74, 6) is -0.806. The van der Waals surface area contributed by atoms with E-state index in [-0.39, 0.29) is 32.0 Å². The Balaban J connectivity index is 4.10. The van der Waals surface area contributed by atoms with E-state index in [0.717, 1.165) is 116 Å². The van der Waals surface area contributed by atoms with Crippen LogP contribution in [0.5, 0.6) is 0 Å². The molecule has 0 aliphatic carbocycles. The average molecular weight is 1260 g/mol. The third-order valence-electron chi connectivity index (χ3n) is 15.4. The van der Waals surface area contributed by atoms with Gasteiger partial charge in [-0.05, 0) is 96.3 Å². The second kappa shape index (κ2) is 68.5. The molecule has 1 N–H and O–H groups in total. The van der Waals surface area contributed by atoms with E-state index in [0.29, 0.717) is 17.4 Å². The van der Waals surface area contributed by atoms with Crippen molar-refractivity contribution < 1.29 is 42.1 Å². The number of hydrogen-bond donors (Lipinski definition) is 1. The maximum absolute atomic E-state index is 12.9. The summed E-state index contributed by atoms with van der Waals surface area (Å²) >= 11 is 0. The number of carbonyl (C=O) groups is 2. The van der Waals surface area contributed by atoms with Gasteiger partial charge >= 0.3 is 19.8 Å². The third kappa shape index (κ3) is 73.1. The van der Waals surface area contributed by atoms with Crippen molar-refractivity contribution in [1.29, 1.82) is 0 Å². The number of carbonyl (C=O) groups excluding carboxylic acids is 2. The number of allylic oxidation sites excluding steroid dienone is 22. The lowest BCUT2D eigenvalue weighted by atomic mass is 10.0. The first kappa shape index (κ1) is 85.2. The van der Waals surface area contributed by atoms with E-state index in [1.165, 1.54) is 154 Å². The number of phosphoric ester groups is 1. The molecule has 10 heteroatoms. The minimum atomic E-state index is -4.40. The Kier molecular flexibility index (Phi) is 65.6. The fourth-order valence-corrected chi connectivity index (χ4v) is 10.6. The number of esters is 2. The van der Waals surface area contributed by atoms with Crippen molar-refractivity contribution in [3.8, 4) is 0 Å². The van der Waals surface area contributed by atoms with Gasteiger partial charge in [0.25, 0.3) is 0 Å². The maximum atomic E-state index is 12.9. The van der Waals surface area contributed by atoms with Gasteiger partial charge in [-0.25, -0.2) is 4.57 Å². The number of phosphoric acid groups is 1. The Morgan fingerprint density at radius 1 is 0.360 bits per heavy atom. The summed E-state index contributed by atoms with van der Waals surface area (Å²) in [5, 5.41) is 0. The summed E-state index contributed by atoms with van der Waals surface area (Å²) in [6.07, 6.45) is 99.9. The molecule has 0 aliphatic rings. The van der Waals surface area contributed by atoms with Crippen molar-refractivity contribution >= 4 is 19.8 Å². The van der Waals surface area contributed by atoms with E-state index >= 15 is 0 Å². The van der Waals surface area contributed by atoms with Gasteiger partial charge < -0.3 is 18.9 Å².